The summed E-state index contributed by atoms with van der Waals surface area (Å²) in [6.07, 6.45) is 3.72. The van der Waals surface area contributed by atoms with Gasteiger partial charge in [-0.1, -0.05) is 17.7 Å². The van der Waals surface area contributed by atoms with Crippen LogP contribution in [-0.2, 0) is 16.6 Å². The molecule has 1 aliphatic heterocycles. The van der Waals surface area contributed by atoms with Crippen LogP contribution in [0.15, 0.2) is 47.5 Å². The summed E-state index contributed by atoms with van der Waals surface area (Å²) in [5.74, 6) is 0.782. The molecule has 3 rings (SSSR count). The van der Waals surface area contributed by atoms with Gasteiger partial charge in [0.15, 0.2) is 0 Å². The maximum absolute atomic E-state index is 12.5. The maximum atomic E-state index is 12.5. The summed E-state index contributed by atoms with van der Waals surface area (Å²) in [6, 6.07) is 10.4. The highest BCUT2D eigenvalue weighted by atomic mass is 35.5. The van der Waals surface area contributed by atoms with Gasteiger partial charge in [-0.25, -0.2) is 13.1 Å². The number of nitrogens with zero attached hydrogens (tertiary/aromatic N) is 2. The van der Waals surface area contributed by atoms with Gasteiger partial charge in [0.1, 0.15) is 5.75 Å². The number of sulfonamides is 1. The predicted octanol–water partition coefficient (Wildman–Crippen LogP) is 2.93. The largest absolute Gasteiger partial charge is 0.495 e. The normalized spacial score (nSPS) is 16.4. The Morgan fingerprint density at radius 2 is 2.04 bits per heavy atom. The lowest BCUT2D eigenvalue weighted by Gasteiger charge is -2.31. The molecule has 1 N–H and O–H groups in total. The number of hydrogen-bond donors (Lipinski definition) is 1. The summed E-state index contributed by atoms with van der Waals surface area (Å²) in [5.41, 5.74) is 1.06. The molecule has 1 saturated heterocycles. The van der Waals surface area contributed by atoms with Crippen LogP contribution in [0.3, 0.4) is 0 Å². The fraction of sp³-hybridized carbons (Fsp3) is 0.421. The van der Waals surface area contributed by atoms with Crippen LogP contribution in [0.5, 0.6) is 5.75 Å². The average Bonchev–Trinajstić information content (AvgIpc) is 2.68. The van der Waals surface area contributed by atoms with Crippen LogP contribution in [0, 0.1) is 5.92 Å². The van der Waals surface area contributed by atoms with Crippen LogP contribution < -0.4 is 9.46 Å². The van der Waals surface area contributed by atoms with Gasteiger partial charge in [0.25, 0.3) is 0 Å². The van der Waals surface area contributed by atoms with Crippen molar-refractivity contribution in [1.29, 1.82) is 0 Å². The number of likely N-dealkylation sites (tertiary alicyclic amines) is 1. The first-order chi connectivity index (χ1) is 13.0. The zero-order valence-corrected chi connectivity index (χ0v) is 16.8. The number of aromatic nitrogens is 1. The molecule has 0 amide bonds. The lowest BCUT2D eigenvalue weighted by molar-refractivity contribution is 0.177. The Bertz CT molecular complexity index is 854. The Kier molecular flexibility index (Phi) is 6.70. The van der Waals surface area contributed by atoms with E-state index in [4.69, 9.17) is 16.3 Å². The van der Waals surface area contributed by atoms with E-state index in [1.165, 1.54) is 19.2 Å². The highest BCUT2D eigenvalue weighted by molar-refractivity contribution is 7.89. The lowest BCUT2D eigenvalue weighted by Crippen LogP contribution is -2.38. The van der Waals surface area contributed by atoms with Gasteiger partial charge in [0.2, 0.25) is 10.0 Å². The second kappa shape index (κ2) is 9.01. The van der Waals surface area contributed by atoms with Crippen molar-refractivity contribution in [2.24, 2.45) is 5.92 Å². The van der Waals surface area contributed by atoms with E-state index in [1.807, 2.05) is 24.4 Å². The first-order valence-corrected chi connectivity index (χ1v) is 10.8. The molecule has 0 aliphatic carbocycles. The zero-order chi connectivity index (χ0) is 19.3. The Morgan fingerprint density at radius 3 is 2.67 bits per heavy atom. The maximum Gasteiger partial charge on any atom is 0.240 e. The molecule has 1 aromatic carbocycles. The third-order valence-electron chi connectivity index (χ3n) is 4.81. The molecule has 1 aliphatic rings. The molecule has 6 nitrogen and oxygen atoms in total. The Balaban J connectivity index is 1.50. The molecule has 0 unspecified atom stereocenters. The number of pyridine rings is 1. The number of rotatable bonds is 7. The quantitative estimate of drug-likeness (QED) is 0.761. The van der Waals surface area contributed by atoms with E-state index in [0.29, 0.717) is 18.2 Å². The minimum Gasteiger partial charge on any atom is -0.495 e. The van der Waals surface area contributed by atoms with Crippen molar-refractivity contribution < 1.29 is 13.2 Å². The number of piperidine rings is 1. The van der Waals surface area contributed by atoms with Gasteiger partial charge in [-0.15, -0.1) is 0 Å². The van der Waals surface area contributed by atoms with Crippen molar-refractivity contribution in [3.05, 3.63) is 53.3 Å². The van der Waals surface area contributed by atoms with Gasteiger partial charge >= 0.3 is 0 Å². The van der Waals surface area contributed by atoms with Gasteiger partial charge in [-0.3, -0.25) is 9.88 Å². The topological polar surface area (TPSA) is 71.5 Å². The fourth-order valence-electron chi connectivity index (χ4n) is 3.19. The first-order valence-electron chi connectivity index (χ1n) is 8.93. The van der Waals surface area contributed by atoms with Crippen molar-refractivity contribution in [3.63, 3.8) is 0 Å². The van der Waals surface area contributed by atoms with Crippen molar-refractivity contribution in [3.8, 4) is 5.75 Å². The molecule has 0 saturated carbocycles. The van der Waals surface area contributed by atoms with Gasteiger partial charge in [0.05, 0.1) is 22.7 Å². The molecule has 146 valence electrons. The van der Waals surface area contributed by atoms with E-state index in [9.17, 15) is 8.42 Å². The summed E-state index contributed by atoms with van der Waals surface area (Å²) in [5, 5.41) is 0.281. The standard InChI is InChI=1S/C19H24ClN3O3S/c1-26-19-6-5-17(12-18(19)20)27(24,25)22-13-15-7-10-23(11-8-15)14-16-4-2-3-9-21-16/h2-6,9,12,15,22H,7-8,10-11,13-14H2,1H3. The van der Waals surface area contributed by atoms with E-state index in [2.05, 4.69) is 14.6 Å². The van der Waals surface area contributed by atoms with E-state index >= 15 is 0 Å². The third kappa shape index (κ3) is 5.42. The average molecular weight is 410 g/mol. The molecule has 8 heteroatoms. The van der Waals surface area contributed by atoms with Crippen LogP contribution >= 0.6 is 11.6 Å². The number of methoxy groups -OCH3 is 1. The highest BCUT2D eigenvalue weighted by Gasteiger charge is 2.22. The predicted molar refractivity (Wildman–Crippen MR) is 105 cm³/mol. The monoisotopic (exact) mass is 409 g/mol. The second-order valence-corrected chi connectivity index (χ2v) is 8.86. The van der Waals surface area contributed by atoms with Gasteiger partial charge in [0, 0.05) is 19.3 Å². The number of halogens is 1. The van der Waals surface area contributed by atoms with Gasteiger partial charge < -0.3 is 4.74 Å². The number of ether oxygens (including phenoxy) is 1. The Hall–Kier alpha value is -1.67. The van der Waals surface area contributed by atoms with Crippen molar-refractivity contribution in [1.82, 2.24) is 14.6 Å². The van der Waals surface area contributed by atoms with Crippen molar-refractivity contribution in [2.75, 3.05) is 26.7 Å². The van der Waals surface area contributed by atoms with Gasteiger partial charge in [-0.05, 0) is 62.2 Å². The molecule has 0 atom stereocenters. The van der Waals surface area contributed by atoms with Crippen LogP contribution in [0.1, 0.15) is 18.5 Å². The second-order valence-electron chi connectivity index (χ2n) is 6.69. The van der Waals surface area contributed by atoms with Crippen LogP contribution in [0.4, 0.5) is 0 Å². The molecule has 1 fully saturated rings. The number of benzene rings is 1. The molecule has 2 heterocycles. The third-order valence-corrected chi connectivity index (χ3v) is 6.53. The van der Waals surface area contributed by atoms with Crippen LogP contribution in [0.2, 0.25) is 5.02 Å². The molecule has 1 aromatic heterocycles. The van der Waals surface area contributed by atoms with E-state index < -0.39 is 10.0 Å². The van der Waals surface area contributed by atoms with Gasteiger partial charge in [-0.2, -0.15) is 0 Å². The zero-order valence-electron chi connectivity index (χ0n) is 15.3. The summed E-state index contributed by atoms with van der Waals surface area (Å²) < 4.78 is 32.8. The van der Waals surface area contributed by atoms with Crippen LogP contribution in [0.25, 0.3) is 0 Å². The number of nitrogens with one attached hydrogen (secondary N) is 1. The summed E-state index contributed by atoms with van der Waals surface area (Å²) in [4.78, 5) is 6.87. The minimum atomic E-state index is -3.58. The van der Waals surface area contributed by atoms with E-state index in [-0.39, 0.29) is 9.92 Å². The molecule has 0 spiro atoms. The molecule has 0 bridgehead atoms. The SMILES string of the molecule is COc1ccc(S(=O)(=O)NCC2CCN(Cc3ccccn3)CC2)cc1Cl. The summed E-state index contributed by atoms with van der Waals surface area (Å²) in [7, 11) is -2.09. The minimum absolute atomic E-state index is 0.154. The lowest BCUT2D eigenvalue weighted by atomic mass is 9.97. The smallest absolute Gasteiger partial charge is 0.240 e. The highest BCUT2D eigenvalue weighted by Crippen LogP contribution is 2.27. The van der Waals surface area contributed by atoms with E-state index in [1.54, 1.807) is 6.07 Å². The molecular weight excluding hydrogens is 386 g/mol. The molecule has 27 heavy (non-hydrogen) atoms. The molecular formula is C19H24ClN3O3S. The summed E-state index contributed by atoms with van der Waals surface area (Å²) in [6.45, 7) is 3.15. The van der Waals surface area contributed by atoms with Crippen molar-refractivity contribution >= 4 is 21.6 Å². The number of hydrogen-bond acceptors (Lipinski definition) is 5. The molecule has 0 radical (unpaired) electrons. The fourth-order valence-corrected chi connectivity index (χ4v) is 4.66. The first kappa shape index (κ1) is 20.1. The van der Waals surface area contributed by atoms with E-state index in [0.717, 1.165) is 38.2 Å². The Morgan fingerprint density at radius 1 is 1.26 bits per heavy atom. The molecule has 2 aromatic rings. The van der Waals surface area contributed by atoms with Crippen molar-refractivity contribution in [2.45, 2.75) is 24.3 Å². The Labute approximate surface area is 165 Å². The summed E-state index contributed by atoms with van der Waals surface area (Å²) >= 11 is 6.04. The van der Waals surface area contributed by atoms with Crippen LogP contribution in [-0.4, -0.2) is 45.0 Å².